The van der Waals surface area contributed by atoms with Crippen LogP contribution >= 0.6 is 0 Å². The summed E-state index contributed by atoms with van der Waals surface area (Å²) in [7, 11) is 0. The molecular weight excluding hydrogens is 344 g/mol. The van der Waals surface area contributed by atoms with Gasteiger partial charge in [-0.1, -0.05) is 24.3 Å². The van der Waals surface area contributed by atoms with E-state index >= 15 is 0 Å². The number of nitrogens with one attached hydrogen (secondary N) is 1. The molecule has 2 nitrogen and oxygen atoms in total. The highest BCUT2D eigenvalue weighted by Crippen LogP contribution is 2.36. The van der Waals surface area contributed by atoms with Gasteiger partial charge in [0.25, 0.3) is 0 Å². The van der Waals surface area contributed by atoms with Gasteiger partial charge < -0.3 is 10.4 Å². The van der Waals surface area contributed by atoms with Crippen LogP contribution in [0.3, 0.4) is 0 Å². The zero-order valence-corrected chi connectivity index (χ0v) is 15.3. The Morgan fingerprint density at radius 1 is 0.963 bits per heavy atom. The molecule has 140 valence electrons. The third-order valence-electron chi connectivity index (χ3n) is 5.71. The van der Waals surface area contributed by atoms with Gasteiger partial charge in [-0.15, -0.1) is 0 Å². The first-order chi connectivity index (χ1) is 13.0. The first-order valence-corrected chi connectivity index (χ1v) is 9.44. The zero-order valence-electron chi connectivity index (χ0n) is 15.3. The van der Waals surface area contributed by atoms with Crippen molar-refractivity contribution < 1.29 is 13.9 Å². The maximum atomic E-state index is 14.1. The van der Waals surface area contributed by atoms with Gasteiger partial charge in [0.2, 0.25) is 0 Å². The molecule has 4 rings (SSSR count). The van der Waals surface area contributed by atoms with Crippen LogP contribution in [0.2, 0.25) is 0 Å². The number of hydrogen-bond acceptors (Lipinski definition) is 2. The number of phenols is 1. The topological polar surface area (TPSA) is 32.3 Å². The van der Waals surface area contributed by atoms with Crippen molar-refractivity contribution in [1.29, 1.82) is 0 Å². The van der Waals surface area contributed by atoms with Crippen molar-refractivity contribution in [2.45, 2.75) is 44.2 Å². The van der Waals surface area contributed by atoms with Crippen LogP contribution in [0.5, 0.6) is 5.75 Å². The van der Waals surface area contributed by atoms with Crippen molar-refractivity contribution in [1.82, 2.24) is 5.32 Å². The standard InChI is InChI=1S/C23H23F2NO/c1-14(20-10-11-23(25)22-13-17(24)5-9-21(20)22)26-18-6-2-16(12-18)15-3-7-19(27)8-4-15/h3-5,7-11,13-14,16,18,26-27H,2,6,12H2,1H3/t14-,16-,18?/m1/s1. The van der Waals surface area contributed by atoms with E-state index in [0.29, 0.717) is 23.1 Å². The molecule has 0 aliphatic heterocycles. The van der Waals surface area contributed by atoms with Crippen molar-refractivity contribution in [2.24, 2.45) is 0 Å². The Balaban J connectivity index is 1.50. The van der Waals surface area contributed by atoms with E-state index in [-0.39, 0.29) is 6.04 Å². The molecule has 1 saturated carbocycles. The summed E-state index contributed by atoms with van der Waals surface area (Å²) >= 11 is 0. The Kier molecular flexibility index (Phi) is 4.83. The molecule has 3 aromatic carbocycles. The molecule has 0 spiro atoms. The van der Waals surface area contributed by atoms with Gasteiger partial charge in [0, 0.05) is 17.5 Å². The van der Waals surface area contributed by atoms with Gasteiger partial charge in [0.1, 0.15) is 17.4 Å². The zero-order chi connectivity index (χ0) is 19.0. The van der Waals surface area contributed by atoms with E-state index in [0.717, 1.165) is 30.2 Å². The molecule has 0 bridgehead atoms. The number of benzene rings is 3. The van der Waals surface area contributed by atoms with Crippen LogP contribution in [-0.2, 0) is 0 Å². The molecule has 0 amide bonds. The van der Waals surface area contributed by atoms with Gasteiger partial charge >= 0.3 is 0 Å². The van der Waals surface area contributed by atoms with E-state index < -0.39 is 11.6 Å². The number of halogens is 2. The summed E-state index contributed by atoms with van der Waals surface area (Å²) in [6.07, 6.45) is 3.21. The van der Waals surface area contributed by atoms with Gasteiger partial charge in [-0.3, -0.25) is 0 Å². The van der Waals surface area contributed by atoms with E-state index in [9.17, 15) is 13.9 Å². The molecule has 0 radical (unpaired) electrons. The minimum atomic E-state index is -0.424. The number of hydrogen-bond donors (Lipinski definition) is 2. The molecule has 3 atom stereocenters. The average Bonchev–Trinajstić information content (AvgIpc) is 3.11. The van der Waals surface area contributed by atoms with Gasteiger partial charge in [-0.25, -0.2) is 8.78 Å². The molecule has 1 fully saturated rings. The second kappa shape index (κ2) is 7.28. The summed E-state index contributed by atoms with van der Waals surface area (Å²) < 4.78 is 27.6. The molecule has 0 heterocycles. The number of rotatable bonds is 4. The van der Waals surface area contributed by atoms with Crippen molar-refractivity contribution in [2.75, 3.05) is 0 Å². The van der Waals surface area contributed by atoms with Crippen LogP contribution in [0.4, 0.5) is 8.78 Å². The van der Waals surface area contributed by atoms with Crippen molar-refractivity contribution >= 4 is 10.8 Å². The lowest BCUT2D eigenvalue weighted by Gasteiger charge is -2.22. The third-order valence-corrected chi connectivity index (χ3v) is 5.71. The smallest absolute Gasteiger partial charge is 0.131 e. The van der Waals surface area contributed by atoms with E-state index in [1.807, 2.05) is 12.1 Å². The lowest BCUT2D eigenvalue weighted by atomic mass is 9.96. The molecular formula is C23H23F2NO. The fourth-order valence-corrected chi connectivity index (χ4v) is 4.31. The Labute approximate surface area is 157 Å². The minimum Gasteiger partial charge on any atom is -0.508 e. The van der Waals surface area contributed by atoms with E-state index in [4.69, 9.17) is 0 Å². The SMILES string of the molecule is C[C@@H](NC1CC[C@@H](c2ccc(O)cc2)C1)c1ccc(F)c2cc(F)ccc12. The molecule has 0 saturated heterocycles. The fourth-order valence-electron chi connectivity index (χ4n) is 4.31. The first-order valence-electron chi connectivity index (χ1n) is 9.44. The van der Waals surface area contributed by atoms with Crippen LogP contribution in [0.1, 0.15) is 49.3 Å². The second-order valence-corrected chi connectivity index (χ2v) is 7.51. The molecule has 1 unspecified atom stereocenters. The number of aromatic hydroxyl groups is 1. The predicted octanol–water partition coefficient (Wildman–Crippen LogP) is 5.81. The second-order valence-electron chi connectivity index (χ2n) is 7.51. The summed E-state index contributed by atoms with van der Waals surface area (Å²) in [6, 6.07) is 15.4. The number of fused-ring (bicyclic) bond motifs is 1. The summed E-state index contributed by atoms with van der Waals surface area (Å²) in [5.74, 6) is -0.0468. The third kappa shape index (κ3) is 3.67. The van der Waals surface area contributed by atoms with E-state index in [1.165, 1.54) is 23.8 Å². The molecule has 3 aromatic rings. The van der Waals surface area contributed by atoms with Crippen molar-refractivity contribution in [3.8, 4) is 5.75 Å². The lowest BCUT2D eigenvalue weighted by molar-refractivity contribution is 0.458. The summed E-state index contributed by atoms with van der Waals surface area (Å²) in [5, 5.41) is 14.2. The Hall–Kier alpha value is -2.46. The van der Waals surface area contributed by atoms with Crippen LogP contribution in [0.15, 0.2) is 54.6 Å². The van der Waals surface area contributed by atoms with Crippen LogP contribution in [0, 0.1) is 11.6 Å². The maximum Gasteiger partial charge on any atom is 0.131 e. The maximum absolute atomic E-state index is 14.1. The van der Waals surface area contributed by atoms with Gasteiger partial charge in [0.15, 0.2) is 0 Å². The highest BCUT2D eigenvalue weighted by molar-refractivity contribution is 5.86. The fraction of sp³-hybridized carbons (Fsp3) is 0.304. The molecule has 1 aliphatic rings. The van der Waals surface area contributed by atoms with Crippen molar-refractivity contribution in [3.05, 3.63) is 77.4 Å². The monoisotopic (exact) mass is 367 g/mol. The number of phenolic OH excluding ortho intramolecular Hbond substituents is 1. The predicted molar refractivity (Wildman–Crippen MR) is 104 cm³/mol. The molecule has 2 N–H and O–H groups in total. The average molecular weight is 367 g/mol. The van der Waals surface area contributed by atoms with Gasteiger partial charge in [-0.05, 0) is 78.9 Å². The molecule has 4 heteroatoms. The highest BCUT2D eigenvalue weighted by Gasteiger charge is 2.27. The van der Waals surface area contributed by atoms with Crippen molar-refractivity contribution in [3.63, 3.8) is 0 Å². The Morgan fingerprint density at radius 3 is 2.52 bits per heavy atom. The van der Waals surface area contributed by atoms with Crippen LogP contribution in [0.25, 0.3) is 10.8 Å². The van der Waals surface area contributed by atoms with E-state index in [1.54, 1.807) is 24.3 Å². The minimum absolute atomic E-state index is 0.0436. The summed E-state index contributed by atoms with van der Waals surface area (Å²) in [4.78, 5) is 0. The Morgan fingerprint density at radius 2 is 1.74 bits per heavy atom. The van der Waals surface area contributed by atoms with Gasteiger partial charge in [0.05, 0.1) is 0 Å². The lowest BCUT2D eigenvalue weighted by Crippen LogP contribution is -2.29. The summed E-state index contributed by atoms with van der Waals surface area (Å²) in [5.41, 5.74) is 2.24. The van der Waals surface area contributed by atoms with E-state index in [2.05, 4.69) is 12.2 Å². The highest BCUT2D eigenvalue weighted by atomic mass is 19.1. The largest absolute Gasteiger partial charge is 0.508 e. The quantitative estimate of drug-likeness (QED) is 0.610. The molecule has 1 aliphatic carbocycles. The van der Waals surface area contributed by atoms with Crippen LogP contribution < -0.4 is 5.32 Å². The summed E-state index contributed by atoms with van der Waals surface area (Å²) in [6.45, 7) is 2.07. The first kappa shape index (κ1) is 17.9. The normalized spacial score (nSPS) is 20.9. The Bertz CT molecular complexity index is 954. The molecule has 27 heavy (non-hydrogen) atoms. The molecule has 0 aromatic heterocycles. The van der Waals surface area contributed by atoms with Crippen LogP contribution in [-0.4, -0.2) is 11.1 Å². The van der Waals surface area contributed by atoms with Gasteiger partial charge in [-0.2, -0.15) is 0 Å².